The van der Waals surface area contributed by atoms with Gasteiger partial charge < -0.3 is 4.90 Å². The molecule has 2 N–H and O–H groups in total. The third-order valence-corrected chi connectivity index (χ3v) is 4.55. The summed E-state index contributed by atoms with van der Waals surface area (Å²) in [7, 11) is 2.22. The van der Waals surface area contributed by atoms with Crippen LogP contribution in [0.5, 0.6) is 0 Å². The molecule has 2 heterocycles. The summed E-state index contributed by atoms with van der Waals surface area (Å²) in [4.78, 5) is 4.98. The fraction of sp³-hybridized carbons (Fsp3) is 0.500. The number of hydrogen-bond acceptors (Lipinski definition) is 4. The maximum atomic E-state index is 9.17. The normalized spacial score (nSPS) is 26.4. The Labute approximate surface area is 120 Å². The van der Waals surface area contributed by atoms with E-state index >= 15 is 0 Å². The highest BCUT2D eigenvalue weighted by molar-refractivity contribution is 5.65. The van der Waals surface area contributed by atoms with Gasteiger partial charge in [0.05, 0.1) is 5.70 Å². The summed E-state index contributed by atoms with van der Waals surface area (Å²) < 4.78 is 0. The number of benzene rings is 1. The van der Waals surface area contributed by atoms with Crippen LogP contribution in [0.1, 0.15) is 25.3 Å². The van der Waals surface area contributed by atoms with Crippen molar-refractivity contribution in [1.29, 1.82) is 0 Å². The van der Waals surface area contributed by atoms with Crippen LogP contribution in [0.2, 0.25) is 0 Å². The summed E-state index contributed by atoms with van der Waals surface area (Å²) in [5, 5.41) is 9.17. The van der Waals surface area contributed by atoms with Crippen molar-refractivity contribution in [1.82, 2.24) is 10.4 Å². The van der Waals surface area contributed by atoms with Crippen molar-refractivity contribution >= 4 is 11.4 Å². The highest BCUT2D eigenvalue weighted by Crippen LogP contribution is 2.33. The zero-order chi connectivity index (χ0) is 14.1. The molecule has 2 unspecified atom stereocenters. The molecule has 1 aromatic carbocycles. The first-order valence-electron chi connectivity index (χ1n) is 7.40. The van der Waals surface area contributed by atoms with Crippen LogP contribution in [-0.2, 0) is 0 Å². The molecule has 0 aromatic heterocycles. The van der Waals surface area contributed by atoms with Crippen molar-refractivity contribution in [2.24, 2.45) is 0 Å². The summed E-state index contributed by atoms with van der Waals surface area (Å²) in [6, 6.07) is 9.87. The molecular weight excluding hydrogens is 250 g/mol. The van der Waals surface area contributed by atoms with Crippen LogP contribution in [0.15, 0.2) is 30.3 Å². The third-order valence-electron chi connectivity index (χ3n) is 4.55. The lowest BCUT2D eigenvalue weighted by Crippen LogP contribution is -2.44. The van der Waals surface area contributed by atoms with E-state index in [1.165, 1.54) is 18.7 Å². The van der Waals surface area contributed by atoms with Crippen molar-refractivity contribution in [3.05, 3.63) is 35.9 Å². The Morgan fingerprint density at radius 2 is 2.05 bits per heavy atom. The van der Waals surface area contributed by atoms with Crippen LogP contribution in [0.4, 0.5) is 5.69 Å². The number of likely N-dealkylation sites (N-methyl/N-ethyl adjacent to an activating group) is 1. The minimum atomic E-state index is 0.664. The van der Waals surface area contributed by atoms with Crippen LogP contribution in [0.3, 0.4) is 0 Å². The quantitative estimate of drug-likeness (QED) is 0.826. The Morgan fingerprint density at radius 1 is 1.30 bits per heavy atom. The largest absolute Gasteiger partial charge is 0.366 e. The number of nitrogens with zero attached hydrogens (tertiary/aromatic N) is 2. The second kappa shape index (κ2) is 5.46. The Balaban J connectivity index is 1.76. The SMILES string of the molecule is CC/C=C(/NO)c1ccc(N2CC3CC2CN3C)cc1. The van der Waals surface area contributed by atoms with Gasteiger partial charge in [-0.3, -0.25) is 15.6 Å². The highest BCUT2D eigenvalue weighted by atomic mass is 16.5. The molecule has 2 fully saturated rings. The Bertz CT molecular complexity index is 495. The monoisotopic (exact) mass is 273 g/mol. The van der Waals surface area contributed by atoms with Crippen LogP contribution in [0, 0.1) is 0 Å². The Hall–Kier alpha value is -1.52. The number of piperazine rings is 1. The topological polar surface area (TPSA) is 38.7 Å². The van der Waals surface area contributed by atoms with E-state index in [-0.39, 0.29) is 0 Å². The number of likely N-dealkylation sites (tertiary alicyclic amines) is 1. The summed E-state index contributed by atoms with van der Waals surface area (Å²) in [6.45, 7) is 4.37. The van der Waals surface area contributed by atoms with Crippen molar-refractivity contribution in [3.8, 4) is 0 Å². The van der Waals surface area contributed by atoms with Gasteiger partial charge in [-0.05, 0) is 37.6 Å². The van der Waals surface area contributed by atoms with Crippen LogP contribution >= 0.6 is 0 Å². The van der Waals surface area contributed by atoms with Crippen LogP contribution in [-0.4, -0.2) is 42.3 Å². The average molecular weight is 273 g/mol. The lowest BCUT2D eigenvalue weighted by molar-refractivity contribution is 0.224. The molecule has 2 aliphatic rings. The smallest absolute Gasteiger partial charge is 0.0634 e. The summed E-state index contributed by atoms with van der Waals surface area (Å²) in [5.74, 6) is 0. The van der Waals surface area contributed by atoms with Crippen molar-refractivity contribution in [3.63, 3.8) is 0 Å². The van der Waals surface area contributed by atoms with E-state index in [0.29, 0.717) is 12.1 Å². The lowest BCUT2D eigenvalue weighted by Gasteiger charge is -2.33. The zero-order valence-electron chi connectivity index (χ0n) is 12.2. The van der Waals surface area contributed by atoms with E-state index in [9.17, 15) is 5.21 Å². The molecule has 0 amide bonds. The van der Waals surface area contributed by atoms with Gasteiger partial charge in [0.15, 0.2) is 0 Å². The molecule has 0 radical (unpaired) electrons. The van der Waals surface area contributed by atoms with Gasteiger partial charge in [-0.2, -0.15) is 0 Å². The third kappa shape index (κ3) is 2.30. The molecule has 1 aromatic rings. The second-order valence-electron chi connectivity index (χ2n) is 5.82. The van der Waals surface area contributed by atoms with Gasteiger partial charge in [0.2, 0.25) is 0 Å². The molecule has 0 saturated carbocycles. The van der Waals surface area contributed by atoms with E-state index in [2.05, 4.69) is 53.5 Å². The minimum absolute atomic E-state index is 0.664. The van der Waals surface area contributed by atoms with E-state index in [4.69, 9.17) is 0 Å². The number of rotatable bonds is 4. The molecule has 4 heteroatoms. The first-order chi connectivity index (χ1) is 9.72. The fourth-order valence-corrected chi connectivity index (χ4v) is 3.45. The van der Waals surface area contributed by atoms with Gasteiger partial charge in [-0.1, -0.05) is 25.1 Å². The maximum Gasteiger partial charge on any atom is 0.0634 e. The van der Waals surface area contributed by atoms with Crippen molar-refractivity contribution < 1.29 is 5.21 Å². The molecule has 2 bridgehead atoms. The van der Waals surface area contributed by atoms with Crippen molar-refractivity contribution in [2.45, 2.75) is 31.8 Å². The minimum Gasteiger partial charge on any atom is -0.366 e. The number of allylic oxidation sites excluding steroid dienone is 1. The number of anilines is 1. The first-order valence-corrected chi connectivity index (χ1v) is 7.40. The van der Waals surface area contributed by atoms with Crippen LogP contribution < -0.4 is 10.4 Å². The second-order valence-corrected chi connectivity index (χ2v) is 5.82. The van der Waals surface area contributed by atoms with E-state index in [1.54, 1.807) is 0 Å². The summed E-state index contributed by atoms with van der Waals surface area (Å²) >= 11 is 0. The summed E-state index contributed by atoms with van der Waals surface area (Å²) in [6.07, 6.45) is 4.17. The zero-order valence-corrected chi connectivity index (χ0v) is 12.2. The highest BCUT2D eigenvalue weighted by Gasteiger charge is 2.41. The number of nitrogens with one attached hydrogen (secondary N) is 1. The molecule has 0 aliphatic carbocycles. The van der Waals surface area contributed by atoms with Gasteiger partial charge in [-0.15, -0.1) is 0 Å². The molecule has 4 nitrogen and oxygen atoms in total. The molecule has 2 saturated heterocycles. The lowest BCUT2D eigenvalue weighted by atomic mass is 10.1. The predicted molar refractivity (Wildman–Crippen MR) is 81.8 cm³/mol. The molecule has 3 rings (SSSR count). The fourth-order valence-electron chi connectivity index (χ4n) is 3.45. The first kappa shape index (κ1) is 13.5. The Morgan fingerprint density at radius 3 is 2.55 bits per heavy atom. The van der Waals surface area contributed by atoms with E-state index in [1.807, 2.05) is 6.08 Å². The van der Waals surface area contributed by atoms with Crippen LogP contribution in [0.25, 0.3) is 5.70 Å². The standard InChI is InChI=1S/C16H23N3O/c1-3-4-16(17-20)12-5-7-13(8-6-12)19-11-14-9-15(19)10-18(14)2/h4-8,14-15,17,20H,3,9-11H2,1-2H3/b16-4+. The Kier molecular flexibility index (Phi) is 3.68. The van der Waals surface area contributed by atoms with Gasteiger partial charge in [-0.25, -0.2) is 0 Å². The van der Waals surface area contributed by atoms with Gasteiger partial charge in [0.1, 0.15) is 0 Å². The molecule has 20 heavy (non-hydrogen) atoms. The van der Waals surface area contributed by atoms with E-state index in [0.717, 1.165) is 24.2 Å². The molecule has 0 spiro atoms. The molecular formula is C16H23N3O. The molecule has 2 aliphatic heterocycles. The van der Waals surface area contributed by atoms with Crippen molar-refractivity contribution in [2.75, 3.05) is 25.0 Å². The molecule has 108 valence electrons. The maximum absolute atomic E-state index is 9.17. The predicted octanol–water partition coefficient (Wildman–Crippen LogP) is 2.31. The average Bonchev–Trinajstić information content (AvgIpc) is 3.04. The van der Waals surface area contributed by atoms with Gasteiger partial charge >= 0.3 is 0 Å². The van der Waals surface area contributed by atoms with E-state index < -0.39 is 0 Å². The molecule has 2 atom stereocenters. The number of fused-ring (bicyclic) bond motifs is 2. The number of hydroxylamine groups is 1. The van der Waals surface area contributed by atoms with Gasteiger partial charge in [0, 0.05) is 30.9 Å². The van der Waals surface area contributed by atoms with Gasteiger partial charge in [0.25, 0.3) is 0 Å². The number of hydrogen-bond donors (Lipinski definition) is 2. The summed E-state index contributed by atoms with van der Waals surface area (Å²) in [5.41, 5.74) is 5.38.